The molecule has 1 aliphatic rings. The van der Waals surface area contributed by atoms with Gasteiger partial charge < -0.3 is 14.4 Å². The second-order valence-corrected chi connectivity index (χ2v) is 8.53. The maximum Gasteiger partial charge on any atom is 0.301 e. The quantitative estimate of drug-likeness (QED) is 0.189. The Kier molecular flexibility index (Phi) is 7.03. The number of ketones is 1. The Bertz CT molecular complexity index is 1210. The Morgan fingerprint density at radius 1 is 1.12 bits per heavy atom. The monoisotopic (exact) mass is 480 g/mol. The van der Waals surface area contributed by atoms with Crippen LogP contribution in [0.1, 0.15) is 49.1 Å². The fourth-order valence-corrected chi connectivity index (χ4v) is 4.03. The Morgan fingerprint density at radius 2 is 1.82 bits per heavy atom. The van der Waals surface area contributed by atoms with Crippen molar-refractivity contribution in [2.24, 2.45) is 0 Å². The highest BCUT2D eigenvalue weighted by molar-refractivity contribution is 6.51. The van der Waals surface area contributed by atoms with E-state index in [9.17, 15) is 14.7 Å². The molecular weight excluding hydrogens is 456 g/mol. The maximum atomic E-state index is 13.1. The van der Waals surface area contributed by atoms with Crippen molar-refractivity contribution in [1.82, 2.24) is 5.16 Å². The SMILES string of the molecule is CCCCCOc1ccc([C@@H]2C(=C(O)c3ccc(Cl)cc3)C(=O)C(=O)N2c2cc(C)on2)cc1. The van der Waals surface area contributed by atoms with Crippen molar-refractivity contribution in [1.29, 1.82) is 0 Å². The van der Waals surface area contributed by atoms with Gasteiger partial charge in [-0.3, -0.25) is 14.5 Å². The third-order valence-corrected chi connectivity index (χ3v) is 5.89. The molecule has 0 bridgehead atoms. The van der Waals surface area contributed by atoms with Gasteiger partial charge in [-0.05, 0) is 55.3 Å². The van der Waals surface area contributed by atoms with E-state index in [0.29, 0.717) is 34.3 Å². The van der Waals surface area contributed by atoms with Crippen molar-refractivity contribution in [3.63, 3.8) is 0 Å². The van der Waals surface area contributed by atoms with E-state index in [1.165, 1.54) is 4.90 Å². The zero-order valence-electron chi connectivity index (χ0n) is 19.0. The van der Waals surface area contributed by atoms with Crippen molar-refractivity contribution < 1.29 is 24.0 Å². The van der Waals surface area contributed by atoms with Crippen LogP contribution in [-0.2, 0) is 9.59 Å². The number of amides is 1. The molecule has 3 aromatic rings. The Labute approximate surface area is 202 Å². The number of anilines is 1. The summed E-state index contributed by atoms with van der Waals surface area (Å²) in [6.45, 7) is 4.44. The first-order valence-electron chi connectivity index (χ1n) is 11.1. The van der Waals surface area contributed by atoms with Gasteiger partial charge in [-0.1, -0.05) is 48.7 Å². The number of carbonyl (C=O) groups excluding carboxylic acids is 2. The lowest BCUT2D eigenvalue weighted by Gasteiger charge is -2.23. The number of hydrogen-bond donors (Lipinski definition) is 1. The summed E-state index contributed by atoms with van der Waals surface area (Å²) in [5.74, 6) is -0.523. The van der Waals surface area contributed by atoms with Gasteiger partial charge in [0, 0.05) is 16.7 Å². The summed E-state index contributed by atoms with van der Waals surface area (Å²) in [7, 11) is 0. The summed E-state index contributed by atoms with van der Waals surface area (Å²) >= 11 is 5.97. The largest absolute Gasteiger partial charge is 0.507 e. The Morgan fingerprint density at radius 3 is 2.44 bits per heavy atom. The van der Waals surface area contributed by atoms with Gasteiger partial charge in [-0.25, -0.2) is 0 Å². The summed E-state index contributed by atoms with van der Waals surface area (Å²) in [4.78, 5) is 27.4. The molecule has 1 amide bonds. The molecule has 2 aromatic carbocycles. The van der Waals surface area contributed by atoms with Crippen LogP contribution in [-0.4, -0.2) is 28.6 Å². The molecule has 1 aliphatic heterocycles. The predicted molar refractivity (Wildman–Crippen MR) is 129 cm³/mol. The molecule has 1 saturated heterocycles. The molecule has 0 unspecified atom stereocenters. The van der Waals surface area contributed by atoms with Gasteiger partial charge in [-0.2, -0.15) is 0 Å². The number of aromatic nitrogens is 1. The van der Waals surface area contributed by atoms with Gasteiger partial charge in [-0.15, -0.1) is 0 Å². The second-order valence-electron chi connectivity index (χ2n) is 8.10. The maximum absolute atomic E-state index is 13.1. The van der Waals surface area contributed by atoms with Crippen molar-refractivity contribution in [3.05, 3.63) is 82.1 Å². The summed E-state index contributed by atoms with van der Waals surface area (Å²) < 4.78 is 10.9. The van der Waals surface area contributed by atoms with Crippen LogP contribution in [0.25, 0.3) is 5.76 Å². The highest BCUT2D eigenvalue weighted by Gasteiger charge is 2.48. The number of hydrogen-bond acceptors (Lipinski definition) is 6. The minimum atomic E-state index is -0.894. The molecule has 2 heterocycles. The number of rotatable bonds is 8. The van der Waals surface area contributed by atoms with Crippen molar-refractivity contribution in [2.45, 2.75) is 39.2 Å². The zero-order valence-corrected chi connectivity index (χ0v) is 19.7. The molecule has 1 atom stereocenters. The van der Waals surface area contributed by atoms with Gasteiger partial charge in [0.05, 0.1) is 18.2 Å². The van der Waals surface area contributed by atoms with E-state index >= 15 is 0 Å². The number of benzene rings is 2. The van der Waals surface area contributed by atoms with E-state index in [4.69, 9.17) is 20.9 Å². The summed E-state index contributed by atoms with van der Waals surface area (Å²) in [6.07, 6.45) is 3.16. The molecule has 176 valence electrons. The van der Waals surface area contributed by atoms with Gasteiger partial charge in [0.2, 0.25) is 0 Å². The van der Waals surface area contributed by atoms with E-state index in [0.717, 1.165) is 19.3 Å². The number of ether oxygens (including phenoxy) is 1. The van der Waals surface area contributed by atoms with Gasteiger partial charge in [0.25, 0.3) is 5.78 Å². The minimum absolute atomic E-state index is 0.0374. The van der Waals surface area contributed by atoms with Crippen LogP contribution in [0, 0.1) is 6.92 Å². The lowest BCUT2D eigenvalue weighted by molar-refractivity contribution is -0.132. The number of aryl methyl sites for hydroxylation is 1. The number of aliphatic hydroxyl groups excluding tert-OH is 1. The first-order valence-corrected chi connectivity index (χ1v) is 11.5. The first kappa shape index (κ1) is 23.6. The minimum Gasteiger partial charge on any atom is -0.507 e. The fraction of sp³-hybridized carbons (Fsp3) is 0.269. The van der Waals surface area contributed by atoms with Crippen molar-refractivity contribution in [3.8, 4) is 5.75 Å². The van der Waals surface area contributed by atoms with E-state index in [-0.39, 0.29) is 17.2 Å². The van der Waals surface area contributed by atoms with Crippen molar-refractivity contribution in [2.75, 3.05) is 11.5 Å². The molecule has 8 heteroatoms. The van der Waals surface area contributed by atoms with Crippen LogP contribution in [0.2, 0.25) is 5.02 Å². The lowest BCUT2D eigenvalue weighted by Crippen LogP contribution is -2.29. The average molecular weight is 481 g/mol. The Hall–Kier alpha value is -3.58. The number of nitrogens with zero attached hydrogens (tertiary/aromatic N) is 2. The van der Waals surface area contributed by atoms with E-state index in [1.807, 2.05) is 0 Å². The molecule has 34 heavy (non-hydrogen) atoms. The summed E-state index contributed by atoms with van der Waals surface area (Å²) in [5.41, 5.74) is 0.959. The average Bonchev–Trinajstić information content (AvgIpc) is 3.37. The molecule has 4 rings (SSSR count). The highest BCUT2D eigenvalue weighted by atomic mass is 35.5. The molecule has 0 radical (unpaired) electrons. The third-order valence-electron chi connectivity index (χ3n) is 5.64. The van der Waals surface area contributed by atoms with Gasteiger partial charge >= 0.3 is 5.91 Å². The molecule has 0 aliphatic carbocycles. The smallest absolute Gasteiger partial charge is 0.301 e. The van der Waals surface area contributed by atoms with E-state index in [2.05, 4.69) is 12.1 Å². The fourth-order valence-electron chi connectivity index (χ4n) is 3.90. The molecule has 7 nitrogen and oxygen atoms in total. The lowest BCUT2D eigenvalue weighted by atomic mass is 9.95. The number of halogens is 1. The van der Waals surface area contributed by atoms with Crippen LogP contribution in [0.15, 0.2) is 64.7 Å². The topological polar surface area (TPSA) is 92.9 Å². The molecule has 1 aromatic heterocycles. The van der Waals surface area contributed by atoms with Gasteiger partial charge in [0.1, 0.15) is 17.3 Å². The molecule has 1 N–H and O–H groups in total. The Balaban J connectivity index is 1.76. The van der Waals surface area contributed by atoms with Crippen LogP contribution >= 0.6 is 11.6 Å². The zero-order chi connectivity index (χ0) is 24.2. The predicted octanol–water partition coefficient (Wildman–Crippen LogP) is 5.83. The standard InChI is InChI=1S/C26H25ClN2O5/c1-3-4-5-14-33-20-12-8-17(9-13-20)23-22(24(30)18-6-10-19(27)11-7-18)25(31)26(32)29(23)21-15-16(2)34-28-21/h6-13,15,23,30H,3-5,14H2,1-2H3/t23-/m1/s1. The molecule has 0 spiro atoms. The number of carbonyl (C=O) groups is 2. The molecule has 0 saturated carbocycles. The first-order chi connectivity index (χ1) is 16.4. The van der Waals surface area contributed by atoms with Gasteiger partial charge in [0.15, 0.2) is 5.82 Å². The number of aliphatic hydroxyl groups is 1. The summed E-state index contributed by atoms with van der Waals surface area (Å²) in [5, 5.41) is 15.5. The second kappa shape index (κ2) is 10.1. The molecule has 1 fully saturated rings. The highest BCUT2D eigenvalue weighted by Crippen LogP contribution is 2.42. The van der Waals surface area contributed by atoms with E-state index < -0.39 is 17.7 Å². The van der Waals surface area contributed by atoms with Crippen molar-refractivity contribution >= 4 is 34.9 Å². The summed E-state index contributed by atoms with van der Waals surface area (Å²) in [6, 6.07) is 14.2. The normalized spacial score (nSPS) is 17.4. The van der Waals surface area contributed by atoms with Crippen LogP contribution < -0.4 is 9.64 Å². The van der Waals surface area contributed by atoms with Crippen LogP contribution in [0.3, 0.4) is 0 Å². The molecular formula is C26H25ClN2O5. The third kappa shape index (κ3) is 4.70. The number of Topliss-reactive ketones (excluding diaryl/α,β-unsaturated/α-hetero) is 1. The van der Waals surface area contributed by atoms with E-state index in [1.54, 1.807) is 61.5 Å². The number of unbranched alkanes of at least 4 members (excludes halogenated alkanes) is 2. The van der Waals surface area contributed by atoms with Crippen LogP contribution in [0.5, 0.6) is 5.75 Å². The van der Waals surface area contributed by atoms with Crippen LogP contribution in [0.4, 0.5) is 5.82 Å².